The maximum atomic E-state index is 6.51. The van der Waals surface area contributed by atoms with Crippen LogP contribution in [0.5, 0.6) is 0 Å². The monoisotopic (exact) mass is 265 g/mol. The SMILES string of the molecule is CCNC1CCC(C)(CC2CCC3(CCCC3)O2)C1. The Morgan fingerprint density at radius 2 is 1.89 bits per heavy atom. The zero-order chi connectivity index (χ0) is 13.3. The minimum Gasteiger partial charge on any atom is -0.372 e. The predicted octanol–water partition coefficient (Wildman–Crippen LogP) is 4.04. The van der Waals surface area contributed by atoms with E-state index in [2.05, 4.69) is 19.2 Å². The Bertz CT molecular complexity index is 310. The maximum Gasteiger partial charge on any atom is 0.0687 e. The van der Waals surface area contributed by atoms with Crippen LogP contribution in [0.2, 0.25) is 0 Å². The third-order valence-electron chi connectivity index (χ3n) is 5.90. The Kier molecular flexibility index (Phi) is 3.92. The lowest BCUT2D eigenvalue weighted by Gasteiger charge is -2.30. The molecule has 2 heteroatoms. The van der Waals surface area contributed by atoms with Gasteiger partial charge in [0, 0.05) is 6.04 Å². The highest BCUT2D eigenvalue weighted by Crippen LogP contribution is 2.48. The molecule has 0 aromatic rings. The molecule has 3 rings (SSSR count). The summed E-state index contributed by atoms with van der Waals surface area (Å²) < 4.78 is 6.51. The number of hydrogen-bond donors (Lipinski definition) is 1. The molecule has 19 heavy (non-hydrogen) atoms. The Labute approximate surface area is 118 Å². The lowest BCUT2D eigenvalue weighted by molar-refractivity contribution is -0.0515. The van der Waals surface area contributed by atoms with Gasteiger partial charge in [-0.05, 0) is 63.3 Å². The third kappa shape index (κ3) is 3.00. The lowest BCUT2D eigenvalue weighted by atomic mass is 9.82. The van der Waals surface area contributed by atoms with Gasteiger partial charge >= 0.3 is 0 Å². The van der Waals surface area contributed by atoms with E-state index in [0.29, 0.717) is 17.1 Å². The number of ether oxygens (including phenoxy) is 1. The molecular formula is C17H31NO. The number of rotatable bonds is 4. The molecule has 0 amide bonds. The van der Waals surface area contributed by atoms with Crippen molar-refractivity contribution < 1.29 is 4.74 Å². The minimum atomic E-state index is 0.320. The Balaban J connectivity index is 1.52. The Hall–Kier alpha value is -0.0800. The van der Waals surface area contributed by atoms with Gasteiger partial charge in [-0.2, -0.15) is 0 Å². The average Bonchev–Trinajstić information content (AvgIpc) is 3.05. The van der Waals surface area contributed by atoms with Crippen LogP contribution in [0, 0.1) is 5.41 Å². The standard InChI is InChI=1S/C17H31NO/c1-3-18-14-6-10-16(2,12-14)13-15-7-11-17(19-15)8-4-5-9-17/h14-15,18H,3-13H2,1-2H3. The van der Waals surface area contributed by atoms with Crippen LogP contribution in [0.3, 0.4) is 0 Å². The normalized spacial score (nSPS) is 41.4. The summed E-state index contributed by atoms with van der Waals surface area (Å²) in [6.45, 7) is 5.83. The molecule has 1 heterocycles. The van der Waals surface area contributed by atoms with Crippen LogP contribution in [-0.2, 0) is 4.74 Å². The van der Waals surface area contributed by atoms with Crippen molar-refractivity contribution in [2.75, 3.05) is 6.54 Å². The summed E-state index contributed by atoms with van der Waals surface area (Å²) in [7, 11) is 0. The van der Waals surface area contributed by atoms with E-state index in [-0.39, 0.29) is 0 Å². The zero-order valence-corrected chi connectivity index (χ0v) is 12.8. The van der Waals surface area contributed by atoms with Crippen LogP contribution in [0.4, 0.5) is 0 Å². The highest BCUT2D eigenvalue weighted by molar-refractivity contribution is 4.96. The van der Waals surface area contributed by atoms with E-state index < -0.39 is 0 Å². The topological polar surface area (TPSA) is 21.3 Å². The Morgan fingerprint density at radius 3 is 2.63 bits per heavy atom. The molecule has 0 radical (unpaired) electrons. The van der Waals surface area contributed by atoms with Crippen molar-refractivity contribution >= 4 is 0 Å². The van der Waals surface area contributed by atoms with Crippen LogP contribution in [0.1, 0.15) is 78.1 Å². The van der Waals surface area contributed by atoms with Gasteiger partial charge in [-0.25, -0.2) is 0 Å². The molecule has 3 atom stereocenters. The van der Waals surface area contributed by atoms with Gasteiger partial charge in [0.25, 0.3) is 0 Å². The van der Waals surface area contributed by atoms with Crippen molar-refractivity contribution in [1.82, 2.24) is 5.32 Å². The van der Waals surface area contributed by atoms with Crippen LogP contribution < -0.4 is 5.32 Å². The van der Waals surface area contributed by atoms with Crippen LogP contribution in [0.15, 0.2) is 0 Å². The van der Waals surface area contributed by atoms with Crippen LogP contribution >= 0.6 is 0 Å². The number of hydrogen-bond acceptors (Lipinski definition) is 2. The van der Waals surface area contributed by atoms with Crippen molar-refractivity contribution in [2.24, 2.45) is 5.41 Å². The molecule has 0 bridgehead atoms. The molecule has 1 saturated heterocycles. The molecule has 1 aliphatic heterocycles. The van der Waals surface area contributed by atoms with E-state index in [0.717, 1.165) is 12.6 Å². The molecule has 1 N–H and O–H groups in total. The summed E-state index contributed by atoms with van der Waals surface area (Å²) >= 11 is 0. The van der Waals surface area contributed by atoms with Crippen LogP contribution in [0.25, 0.3) is 0 Å². The molecule has 110 valence electrons. The van der Waals surface area contributed by atoms with Gasteiger partial charge in [-0.15, -0.1) is 0 Å². The molecule has 3 unspecified atom stereocenters. The summed E-state index contributed by atoms with van der Waals surface area (Å²) in [5.41, 5.74) is 0.850. The van der Waals surface area contributed by atoms with Crippen LogP contribution in [-0.4, -0.2) is 24.3 Å². The summed E-state index contributed by atoms with van der Waals surface area (Å²) in [4.78, 5) is 0. The largest absolute Gasteiger partial charge is 0.372 e. The van der Waals surface area contributed by atoms with Gasteiger partial charge < -0.3 is 10.1 Å². The summed E-state index contributed by atoms with van der Waals surface area (Å²) in [6, 6.07) is 0.761. The molecule has 2 saturated carbocycles. The molecule has 2 aliphatic carbocycles. The maximum absolute atomic E-state index is 6.51. The smallest absolute Gasteiger partial charge is 0.0687 e. The highest BCUT2D eigenvalue weighted by atomic mass is 16.5. The van der Waals surface area contributed by atoms with Gasteiger partial charge in [0.1, 0.15) is 0 Å². The van der Waals surface area contributed by atoms with E-state index in [1.807, 2.05) is 0 Å². The van der Waals surface area contributed by atoms with Gasteiger partial charge in [0.15, 0.2) is 0 Å². The van der Waals surface area contributed by atoms with Crippen molar-refractivity contribution in [3.63, 3.8) is 0 Å². The molecule has 3 fully saturated rings. The highest BCUT2D eigenvalue weighted by Gasteiger charge is 2.45. The van der Waals surface area contributed by atoms with Crippen molar-refractivity contribution in [3.8, 4) is 0 Å². The van der Waals surface area contributed by atoms with E-state index >= 15 is 0 Å². The minimum absolute atomic E-state index is 0.320. The Morgan fingerprint density at radius 1 is 1.11 bits per heavy atom. The lowest BCUT2D eigenvalue weighted by Crippen LogP contribution is -2.30. The molecule has 0 aromatic heterocycles. The third-order valence-corrected chi connectivity index (χ3v) is 5.90. The molecule has 2 nitrogen and oxygen atoms in total. The fraction of sp³-hybridized carbons (Fsp3) is 1.00. The molecule has 3 aliphatic rings. The zero-order valence-electron chi connectivity index (χ0n) is 12.8. The van der Waals surface area contributed by atoms with E-state index in [4.69, 9.17) is 4.74 Å². The average molecular weight is 265 g/mol. The van der Waals surface area contributed by atoms with Gasteiger partial charge in [0.2, 0.25) is 0 Å². The first-order valence-corrected chi connectivity index (χ1v) is 8.54. The molecule has 0 aromatic carbocycles. The second kappa shape index (κ2) is 5.37. The summed E-state index contributed by atoms with van der Waals surface area (Å²) in [5.74, 6) is 0. The first kappa shape index (κ1) is 13.9. The molecular weight excluding hydrogens is 234 g/mol. The molecule has 1 spiro atoms. The van der Waals surface area contributed by atoms with E-state index in [1.165, 1.54) is 64.2 Å². The van der Waals surface area contributed by atoms with Crippen molar-refractivity contribution in [3.05, 3.63) is 0 Å². The fourth-order valence-corrected chi connectivity index (χ4v) is 4.95. The number of nitrogens with one attached hydrogen (secondary N) is 1. The van der Waals surface area contributed by atoms with E-state index in [1.54, 1.807) is 0 Å². The summed E-state index contributed by atoms with van der Waals surface area (Å²) in [6.07, 6.45) is 14.1. The van der Waals surface area contributed by atoms with Gasteiger partial charge in [0.05, 0.1) is 11.7 Å². The van der Waals surface area contributed by atoms with Gasteiger partial charge in [-0.1, -0.05) is 26.7 Å². The fourth-order valence-electron chi connectivity index (χ4n) is 4.95. The first-order chi connectivity index (χ1) is 9.13. The van der Waals surface area contributed by atoms with E-state index in [9.17, 15) is 0 Å². The van der Waals surface area contributed by atoms with Crippen molar-refractivity contribution in [2.45, 2.75) is 95.8 Å². The van der Waals surface area contributed by atoms with Crippen molar-refractivity contribution in [1.29, 1.82) is 0 Å². The predicted molar refractivity (Wildman–Crippen MR) is 79.3 cm³/mol. The van der Waals surface area contributed by atoms with Gasteiger partial charge in [-0.3, -0.25) is 0 Å². The second-order valence-corrected chi connectivity index (χ2v) is 7.68. The second-order valence-electron chi connectivity index (χ2n) is 7.68. The summed E-state index contributed by atoms with van der Waals surface area (Å²) in [5, 5.41) is 3.63. The quantitative estimate of drug-likeness (QED) is 0.828. The first-order valence-electron chi connectivity index (χ1n) is 8.54.